The molecule has 0 saturated heterocycles. The van der Waals surface area contributed by atoms with E-state index in [1.807, 2.05) is 0 Å². The number of aliphatic hydroxyl groups excluding tert-OH is 2. The number of carbonyl (C=O) groups excluding carboxylic acids is 2. The monoisotopic (exact) mass is 364 g/mol. The molecule has 6 heteroatoms. The SMILES string of the molecule is O=C(OCOC(=O)c1ccc(C#CCO)cc1)c1ccc(C#CCO)cc1. The molecule has 0 aromatic heterocycles. The Balaban J connectivity index is 1.84. The minimum Gasteiger partial charge on any atom is -0.424 e. The van der Waals surface area contributed by atoms with Gasteiger partial charge in [0, 0.05) is 11.1 Å². The van der Waals surface area contributed by atoms with E-state index in [1.54, 1.807) is 24.3 Å². The largest absolute Gasteiger partial charge is 0.424 e. The summed E-state index contributed by atoms with van der Waals surface area (Å²) in [5.74, 6) is 9.14. The molecule has 2 aromatic carbocycles. The van der Waals surface area contributed by atoms with E-state index in [4.69, 9.17) is 19.7 Å². The lowest BCUT2D eigenvalue weighted by Gasteiger charge is -2.06. The lowest BCUT2D eigenvalue weighted by molar-refractivity contribution is -0.0167. The average molecular weight is 364 g/mol. The zero-order valence-electron chi connectivity index (χ0n) is 14.3. The van der Waals surface area contributed by atoms with Gasteiger partial charge in [0.15, 0.2) is 0 Å². The number of aliphatic hydroxyl groups is 2. The summed E-state index contributed by atoms with van der Waals surface area (Å²) in [7, 11) is 0. The molecule has 6 nitrogen and oxygen atoms in total. The Morgan fingerprint density at radius 1 is 0.704 bits per heavy atom. The smallest absolute Gasteiger partial charge is 0.341 e. The van der Waals surface area contributed by atoms with Crippen LogP contribution >= 0.6 is 0 Å². The molecule has 136 valence electrons. The van der Waals surface area contributed by atoms with Crippen LogP contribution in [0.5, 0.6) is 0 Å². The van der Waals surface area contributed by atoms with Gasteiger partial charge in [-0.25, -0.2) is 9.59 Å². The first kappa shape index (κ1) is 19.7. The van der Waals surface area contributed by atoms with Crippen molar-refractivity contribution in [2.75, 3.05) is 20.0 Å². The van der Waals surface area contributed by atoms with E-state index in [-0.39, 0.29) is 24.3 Å². The minimum atomic E-state index is -0.640. The van der Waals surface area contributed by atoms with Crippen molar-refractivity contribution in [3.8, 4) is 23.7 Å². The fraction of sp³-hybridized carbons (Fsp3) is 0.143. The summed E-state index contributed by atoms with van der Waals surface area (Å²) in [4.78, 5) is 23.8. The van der Waals surface area contributed by atoms with Crippen molar-refractivity contribution in [2.24, 2.45) is 0 Å². The van der Waals surface area contributed by atoms with Gasteiger partial charge >= 0.3 is 11.9 Å². The topological polar surface area (TPSA) is 93.1 Å². The molecule has 0 bridgehead atoms. The first-order valence-electron chi connectivity index (χ1n) is 7.88. The standard InChI is InChI=1S/C21H16O6/c22-13-1-3-16-5-9-18(10-6-16)20(24)26-15-27-21(25)19-11-7-17(8-12-19)4-2-14-23/h5-12,22-23H,13-15H2. The van der Waals surface area contributed by atoms with Crippen LogP contribution in [0.1, 0.15) is 31.8 Å². The summed E-state index contributed by atoms with van der Waals surface area (Å²) in [5.41, 5.74) is 1.87. The second-order valence-corrected chi connectivity index (χ2v) is 5.06. The minimum absolute atomic E-state index is 0.242. The Bertz CT molecular complexity index is 828. The van der Waals surface area contributed by atoms with Gasteiger partial charge in [0.2, 0.25) is 6.79 Å². The van der Waals surface area contributed by atoms with E-state index < -0.39 is 18.7 Å². The van der Waals surface area contributed by atoms with Crippen LogP contribution in [0.15, 0.2) is 48.5 Å². The summed E-state index contributed by atoms with van der Waals surface area (Å²) >= 11 is 0. The highest BCUT2D eigenvalue weighted by Gasteiger charge is 2.10. The molecule has 0 aliphatic heterocycles. The van der Waals surface area contributed by atoms with Crippen LogP contribution in [-0.4, -0.2) is 42.2 Å². The molecule has 0 spiro atoms. The maximum Gasteiger partial charge on any atom is 0.341 e. The number of hydrogen-bond acceptors (Lipinski definition) is 6. The highest BCUT2D eigenvalue weighted by Crippen LogP contribution is 2.07. The molecule has 0 aliphatic carbocycles. The number of rotatable bonds is 4. The number of carbonyl (C=O) groups is 2. The van der Waals surface area contributed by atoms with Gasteiger partial charge in [-0.15, -0.1) is 0 Å². The van der Waals surface area contributed by atoms with Crippen LogP contribution in [-0.2, 0) is 9.47 Å². The third-order valence-corrected chi connectivity index (χ3v) is 3.24. The van der Waals surface area contributed by atoms with Gasteiger partial charge in [0.25, 0.3) is 0 Å². The second kappa shape index (κ2) is 10.4. The molecule has 0 atom stereocenters. The van der Waals surface area contributed by atoms with E-state index in [9.17, 15) is 9.59 Å². The Hall–Kier alpha value is -3.58. The average Bonchev–Trinajstić information content (AvgIpc) is 2.71. The van der Waals surface area contributed by atoms with Crippen molar-refractivity contribution < 1.29 is 29.3 Å². The van der Waals surface area contributed by atoms with Gasteiger partial charge in [-0.05, 0) is 48.5 Å². The van der Waals surface area contributed by atoms with Crippen LogP contribution < -0.4 is 0 Å². The zero-order valence-corrected chi connectivity index (χ0v) is 14.3. The Labute approximate surface area is 156 Å². The molecule has 0 fully saturated rings. The van der Waals surface area contributed by atoms with Crippen LogP contribution in [0.25, 0.3) is 0 Å². The number of esters is 2. The first-order chi connectivity index (χ1) is 13.1. The van der Waals surface area contributed by atoms with Crippen LogP contribution in [0.3, 0.4) is 0 Å². The van der Waals surface area contributed by atoms with Gasteiger partial charge < -0.3 is 19.7 Å². The molecule has 2 aromatic rings. The number of hydrogen-bond donors (Lipinski definition) is 2. The molecule has 0 amide bonds. The predicted octanol–water partition coefficient (Wildman–Crippen LogP) is 1.35. The maximum absolute atomic E-state index is 11.9. The maximum atomic E-state index is 11.9. The molecule has 0 aliphatic rings. The normalized spacial score (nSPS) is 9.26. The predicted molar refractivity (Wildman–Crippen MR) is 96.5 cm³/mol. The lowest BCUT2D eigenvalue weighted by atomic mass is 10.1. The van der Waals surface area contributed by atoms with Crippen molar-refractivity contribution in [3.63, 3.8) is 0 Å². The van der Waals surface area contributed by atoms with Gasteiger partial charge in [-0.1, -0.05) is 23.7 Å². The zero-order chi connectivity index (χ0) is 19.5. The number of ether oxygens (including phenoxy) is 2. The third kappa shape index (κ3) is 6.33. The van der Waals surface area contributed by atoms with E-state index in [1.165, 1.54) is 24.3 Å². The van der Waals surface area contributed by atoms with Crippen molar-refractivity contribution in [1.82, 2.24) is 0 Å². The molecule has 0 unspecified atom stereocenters. The lowest BCUT2D eigenvalue weighted by Crippen LogP contribution is -2.13. The Kier molecular flexibility index (Phi) is 7.62. The Morgan fingerprint density at radius 3 is 1.41 bits per heavy atom. The highest BCUT2D eigenvalue weighted by molar-refractivity contribution is 5.90. The van der Waals surface area contributed by atoms with Crippen LogP contribution in [0.4, 0.5) is 0 Å². The summed E-state index contributed by atoms with van der Waals surface area (Å²) < 4.78 is 9.82. The van der Waals surface area contributed by atoms with Gasteiger partial charge in [0.05, 0.1) is 11.1 Å². The van der Waals surface area contributed by atoms with Crippen LogP contribution in [0.2, 0.25) is 0 Å². The van der Waals surface area contributed by atoms with E-state index in [0.29, 0.717) is 11.1 Å². The molecule has 2 N–H and O–H groups in total. The van der Waals surface area contributed by atoms with Crippen molar-refractivity contribution in [3.05, 3.63) is 70.8 Å². The second-order valence-electron chi connectivity index (χ2n) is 5.06. The molecular formula is C21H16O6. The summed E-state index contributed by atoms with van der Waals surface area (Å²) in [5, 5.41) is 17.3. The first-order valence-corrected chi connectivity index (χ1v) is 7.88. The number of benzene rings is 2. The van der Waals surface area contributed by atoms with E-state index in [2.05, 4.69) is 23.7 Å². The molecule has 2 rings (SSSR count). The van der Waals surface area contributed by atoms with Crippen molar-refractivity contribution >= 4 is 11.9 Å². The summed E-state index contributed by atoms with van der Waals surface area (Å²) in [6, 6.07) is 12.6. The van der Waals surface area contributed by atoms with Gasteiger partial charge in [-0.2, -0.15) is 0 Å². The molecule has 27 heavy (non-hydrogen) atoms. The van der Waals surface area contributed by atoms with Crippen LogP contribution in [0, 0.1) is 23.7 Å². The molecule has 0 saturated carbocycles. The summed E-state index contributed by atoms with van der Waals surface area (Å²) in [6.45, 7) is -1.00. The van der Waals surface area contributed by atoms with Gasteiger partial charge in [-0.3, -0.25) is 0 Å². The fourth-order valence-corrected chi connectivity index (χ4v) is 1.97. The fourth-order valence-electron chi connectivity index (χ4n) is 1.97. The van der Waals surface area contributed by atoms with Crippen molar-refractivity contribution in [2.45, 2.75) is 0 Å². The molecule has 0 heterocycles. The van der Waals surface area contributed by atoms with Gasteiger partial charge in [0.1, 0.15) is 13.2 Å². The highest BCUT2D eigenvalue weighted by atomic mass is 16.7. The Morgan fingerprint density at radius 2 is 1.07 bits per heavy atom. The molecular weight excluding hydrogens is 348 g/mol. The third-order valence-electron chi connectivity index (χ3n) is 3.24. The summed E-state index contributed by atoms with van der Waals surface area (Å²) in [6.07, 6.45) is 0. The van der Waals surface area contributed by atoms with E-state index in [0.717, 1.165) is 0 Å². The molecule has 0 radical (unpaired) electrons. The van der Waals surface area contributed by atoms with E-state index >= 15 is 0 Å². The van der Waals surface area contributed by atoms with Crippen molar-refractivity contribution in [1.29, 1.82) is 0 Å². The quantitative estimate of drug-likeness (QED) is 0.483.